The summed E-state index contributed by atoms with van der Waals surface area (Å²) in [6, 6.07) is -0.00824. The number of carbonyl (C=O) groups is 1. The molecule has 0 saturated heterocycles. The summed E-state index contributed by atoms with van der Waals surface area (Å²) in [4.78, 5) is 13.4. The van der Waals surface area contributed by atoms with Gasteiger partial charge in [0.15, 0.2) is 5.82 Å². The predicted octanol–water partition coefficient (Wildman–Crippen LogP) is 0.213. The topological polar surface area (TPSA) is 63.1 Å². The smallest absolute Gasteiger partial charge is 0.317 e. The Morgan fingerprint density at radius 3 is 3.27 bits per heavy atom. The second kappa shape index (κ2) is 4.29. The standard InChI is InChI=1S/C9H15N5O/c1-2-3-10-9(15)13-4-5-14-7-11-12-8(14)6-13/h7H,2-6H2,1H3,(H,10,15). The van der Waals surface area contributed by atoms with Gasteiger partial charge in [0, 0.05) is 19.6 Å². The Hall–Kier alpha value is -1.59. The lowest BCUT2D eigenvalue weighted by Gasteiger charge is -2.27. The van der Waals surface area contributed by atoms with Crippen LogP contribution in [0.25, 0.3) is 0 Å². The molecule has 1 N–H and O–H groups in total. The molecular weight excluding hydrogens is 194 g/mol. The second-order valence-corrected chi connectivity index (χ2v) is 3.59. The highest BCUT2D eigenvalue weighted by Gasteiger charge is 2.20. The first-order valence-corrected chi connectivity index (χ1v) is 5.20. The summed E-state index contributed by atoms with van der Waals surface area (Å²) >= 11 is 0. The number of hydrogen-bond acceptors (Lipinski definition) is 3. The minimum Gasteiger partial charge on any atom is -0.338 e. The molecule has 6 nitrogen and oxygen atoms in total. The minimum atomic E-state index is -0.00824. The van der Waals surface area contributed by atoms with Crippen LogP contribution >= 0.6 is 0 Å². The number of carbonyl (C=O) groups excluding carboxylic acids is 1. The van der Waals surface area contributed by atoms with Crippen LogP contribution in [0.3, 0.4) is 0 Å². The van der Waals surface area contributed by atoms with Crippen molar-refractivity contribution in [3.63, 3.8) is 0 Å². The van der Waals surface area contributed by atoms with E-state index in [-0.39, 0.29) is 6.03 Å². The summed E-state index contributed by atoms with van der Waals surface area (Å²) in [5, 5.41) is 10.6. The first-order chi connectivity index (χ1) is 7.31. The van der Waals surface area contributed by atoms with Crippen molar-refractivity contribution in [2.45, 2.75) is 26.4 Å². The fraction of sp³-hybridized carbons (Fsp3) is 0.667. The third-order valence-corrected chi connectivity index (χ3v) is 2.45. The Bertz CT molecular complexity index is 348. The van der Waals surface area contributed by atoms with Crippen molar-refractivity contribution >= 4 is 6.03 Å². The van der Waals surface area contributed by atoms with Crippen LogP contribution in [-0.4, -0.2) is 38.8 Å². The lowest BCUT2D eigenvalue weighted by molar-refractivity contribution is 0.182. The molecule has 1 aromatic heterocycles. The molecule has 2 rings (SSSR count). The van der Waals surface area contributed by atoms with Gasteiger partial charge in [-0.1, -0.05) is 6.92 Å². The van der Waals surface area contributed by atoms with E-state index >= 15 is 0 Å². The molecule has 0 saturated carbocycles. The summed E-state index contributed by atoms with van der Waals surface area (Å²) in [6.45, 7) is 4.81. The quantitative estimate of drug-likeness (QED) is 0.757. The molecule has 0 fully saturated rings. The zero-order chi connectivity index (χ0) is 10.7. The van der Waals surface area contributed by atoms with Crippen LogP contribution in [0.1, 0.15) is 19.2 Å². The molecule has 2 amide bonds. The Labute approximate surface area is 88.3 Å². The van der Waals surface area contributed by atoms with Crippen molar-refractivity contribution in [3.8, 4) is 0 Å². The summed E-state index contributed by atoms with van der Waals surface area (Å²) in [5.41, 5.74) is 0. The fourth-order valence-electron chi connectivity index (χ4n) is 1.58. The number of fused-ring (bicyclic) bond motifs is 1. The van der Waals surface area contributed by atoms with Crippen molar-refractivity contribution in [2.24, 2.45) is 0 Å². The molecule has 0 aromatic carbocycles. The van der Waals surface area contributed by atoms with Crippen molar-refractivity contribution in [1.29, 1.82) is 0 Å². The Morgan fingerprint density at radius 1 is 1.60 bits per heavy atom. The maximum absolute atomic E-state index is 11.6. The lowest BCUT2D eigenvalue weighted by atomic mass is 10.4. The van der Waals surface area contributed by atoms with Gasteiger partial charge >= 0.3 is 6.03 Å². The van der Waals surface area contributed by atoms with Gasteiger partial charge in [-0.05, 0) is 6.42 Å². The molecule has 2 heterocycles. The van der Waals surface area contributed by atoms with Gasteiger partial charge in [0.1, 0.15) is 6.33 Å². The maximum Gasteiger partial charge on any atom is 0.317 e. The van der Waals surface area contributed by atoms with E-state index in [0.29, 0.717) is 6.54 Å². The number of hydrogen-bond donors (Lipinski definition) is 1. The normalized spacial score (nSPS) is 14.9. The summed E-state index contributed by atoms with van der Waals surface area (Å²) in [7, 11) is 0. The van der Waals surface area contributed by atoms with Crippen LogP contribution in [0.5, 0.6) is 0 Å². The predicted molar refractivity (Wildman–Crippen MR) is 54.1 cm³/mol. The van der Waals surface area contributed by atoms with E-state index in [4.69, 9.17) is 0 Å². The number of aromatic nitrogens is 3. The number of urea groups is 1. The highest BCUT2D eigenvalue weighted by Crippen LogP contribution is 2.08. The highest BCUT2D eigenvalue weighted by atomic mass is 16.2. The van der Waals surface area contributed by atoms with Crippen LogP contribution in [0.4, 0.5) is 4.79 Å². The average Bonchev–Trinajstić information content (AvgIpc) is 2.72. The van der Waals surface area contributed by atoms with Gasteiger partial charge in [0.2, 0.25) is 0 Å². The van der Waals surface area contributed by atoms with Crippen molar-refractivity contribution in [1.82, 2.24) is 25.0 Å². The first kappa shape index (κ1) is 9.95. The van der Waals surface area contributed by atoms with E-state index in [2.05, 4.69) is 15.5 Å². The molecule has 0 atom stereocenters. The van der Waals surface area contributed by atoms with Gasteiger partial charge in [0.25, 0.3) is 0 Å². The molecule has 0 spiro atoms. The van der Waals surface area contributed by atoms with Crippen LogP contribution in [-0.2, 0) is 13.1 Å². The monoisotopic (exact) mass is 209 g/mol. The average molecular weight is 209 g/mol. The third kappa shape index (κ3) is 2.08. The zero-order valence-electron chi connectivity index (χ0n) is 8.81. The number of nitrogens with one attached hydrogen (secondary N) is 1. The molecule has 0 unspecified atom stereocenters. The van der Waals surface area contributed by atoms with Crippen molar-refractivity contribution in [3.05, 3.63) is 12.2 Å². The van der Waals surface area contributed by atoms with Crippen LogP contribution in [0.15, 0.2) is 6.33 Å². The lowest BCUT2D eigenvalue weighted by Crippen LogP contribution is -2.44. The summed E-state index contributed by atoms with van der Waals surface area (Å²) < 4.78 is 1.98. The molecule has 1 aromatic rings. The molecule has 82 valence electrons. The third-order valence-electron chi connectivity index (χ3n) is 2.45. The highest BCUT2D eigenvalue weighted by molar-refractivity contribution is 5.74. The molecular formula is C9H15N5O. The van der Waals surface area contributed by atoms with Crippen LogP contribution < -0.4 is 5.32 Å². The van der Waals surface area contributed by atoms with Gasteiger partial charge in [-0.15, -0.1) is 10.2 Å². The largest absolute Gasteiger partial charge is 0.338 e. The molecule has 0 radical (unpaired) electrons. The van der Waals surface area contributed by atoms with E-state index in [1.165, 1.54) is 0 Å². The first-order valence-electron chi connectivity index (χ1n) is 5.20. The second-order valence-electron chi connectivity index (χ2n) is 3.59. The van der Waals surface area contributed by atoms with E-state index in [9.17, 15) is 4.79 Å². The fourth-order valence-corrected chi connectivity index (χ4v) is 1.58. The molecule has 0 aliphatic carbocycles. The number of rotatable bonds is 2. The van der Waals surface area contributed by atoms with Crippen molar-refractivity contribution < 1.29 is 4.79 Å². The van der Waals surface area contributed by atoms with Gasteiger partial charge in [-0.3, -0.25) is 0 Å². The molecule has 15 heavy (non-hydrogen) atoms. The summed E-state index contributed by atoms with van der Waals surface area (Å²) in [6.07, 6.45) is 2.66. The Kier molecular flexibility index (Phi) is 2.84. The van der Waals surface area contributed by atoms with Crippen LogP contribution in [0, 0.1) is 0 Å². The van der Waals surface area contributed by atoms with Crippen molar-refractivity contribution in [2.75, 3.05) is 13.1 Å². The molecule has 1 aliphatic rings. The molecule has 1 aliphatic heterocycles. The Morgan fingerprint density at radius 2 is 2.47 bits per heavy atom. The molecule has 0 bridgehead atoms. The van der Waals surface area contributed by atoms with E-state index in [0.717, 1.165) is 31.9 Å². The van der Waals surface area contributed by atoms with Gasteiger partial charge < -0.3 is 14.8 Å². The van der Waals surface area contributed by atoms with Gasteiger partial charge in [-0.2, -0.15) is 0 Å². The maximum atomic E-state index is 11.6. The molecule has 6 heteroatoms. The number of amides is 2. The zero-order valence-corrected chi connectivity index (χ0v) is 8.81. The Balaban J connectivity index is 1.94. The van der Waals surface area contributed by atoms with Gasteiger partial charge in [0.05, 0.1) is 6.54 Å². The van der Waals surface area contributed by atoms with E-state index in [1.807, 2.05) is 11.5 Å². The SMILES string of the molecule is CCCNC(=O)N1CCn2cnnc2C1. The number of nitrogens with zero attached hydrogens (tertiary/aromatic N) is 4. The van der Waals surface area contributed by atoms with E-state index in [1.54, 1.807) is 11.2 Å². The van der Waals surface area contributed by atoms with E-state index < -0.39 is 0 Å². The van der Waals surface area contributed by atoms with Crippen LogP contribution in [0.2, 0.25) is 0 Å². The summed E-state index contributed by atoms with van der Waals surface area (Å²) in [5.74, 6) is 0.855. The minimum absolute atomic E-state index is 0.00824. The van der Waals surface area contributed by atoms with Gasteiger partial charge in [-0.25, -0.2) is 4.79 Å².